The van der Waals surface area contributed by atoms with Gasteiger partial charge in [0.05, 0.1) is 29.9 Å². The van der Waals surface area contributed by atoms with E-state index in [9.17, 15) is 27.6 Å². The van der Waals surface area contributed by atoms with Crippen LogP contribution in [0.2, 0.25) is 0 Å². The molecule has 12 heteroatoms. The average Bonchev–Trinajstić information content (AvgIpc) is 2.92. The molecular weight excluding hydrogens is 543 g/mol. The minimum absolute atomic E-state index is 0.0399. The van der Waals surface area contributed by atoms with Crippen LogP contribution >= 0.6 is 0 Å². The van der Waals surface area contributed by atoms with E-state index < -0.39 is 29.8 Å². The van der Waals surface area contributed by atoms with E-state index in [1.165, 1.54) is 6.07 Å². The van der Waals surface area contributed by atoms with Crippen molar-refractivity contribution in [1.82, 2.24) is 10.2 Å². The van der Waals surface area contributed by atoms with Gasteiger partial charge in [0, 0.05) is 24.8 Å². The van der Waals surface area contributed by atoms with Crippen LogP contribution in [0.25, 0.3) is 0 Å². The number of carbonyl (C=O) groups is 3. The molecule has 2 aromatic carbocycles. The van der Waals surface area contributed by atoms with Crippen molar-refractivity contribution in [2.24, 2.45) is 5.41 Å². The molecule has 0 aromatic heterocycles. The maximum atomic E-state index is 13.4. The summed E-state index contributed by atoms with van der Waals surface area (Å²) in [5.41, 5.74) is -0.430. The third-order valence-electron chi connectivity index (χ3n) is 6.85. The van der Waals surface area contributed by atoms with Crippen LogP contribution in [0, 0.1) is 5.41 Å². The molecule has 0 aliphatic carbocycles. The molecule has 2 aliphatic rings. The van der Waals surface area contributed by atoms with Crippen LogP contribution < -0.4 is 15.4 Å². The van der Waals surface area contributed by atoms with Gasteiger partial charge in [-0.25, -0.2) is 4.79 Å². The second-order valence-corrected chi connectivity index (χ2v) is 11.4. The van der Waals surface area contributed by atoms with Gasteiger partial charge < -0.3 is 29.7 Å². The third kappa shape index (κ3) is 7.69. The number of carbonyl (C=O) groups excluding carboxylic acids is 3. The Kier molecular flexibility index (Phi) is 8.81. The molecule has 0 unspecified atom stereocenters. The average molecular weight is 578 g/mol. The largest absolute Gasteiger partial charge is 0.490 e. The number of hydrogen-bond donors (Lipinski definition) is 2. The molecule has 3 amide bonds. The van der Waals surface area contributed by atoms with Crippen LogP contribution in [-0.2, 0) is 15.7 Å². The van der Waals surface area contributed by atoms with Gasteiger partial charge in [0.25, 0.3) is 11.8 Å². The first-order valence-electron chi connectivity index (χ1n) is 13.3. The fourth-order valence-electron chi connectivity index (χ4n) is 4.65. The van der Waals surface area contributed by atoms with Gasteiger partial charge in [0.2, 0.25) is 0 Å². The normalized spacial score (nSPS) is 21.0. The predicted molar refractivity (Wildman–Crippen MR) is 144 cm³/mol. The van der Waals surface area contributed by atoms with Crippen molar-refractivity contribution in [1.29, 1.82) is 0 Å². The van der Waals surface area contributed by atoms with E-state index in [1.54, 1.807) is 24.1 Å². The van der Waals surface area contributed by atoms with Crippen LogP contribution in [0.1, 0.15) is 59.9 Å². The Hall–Kier alpha value is -3.80. The van der Waals surface area contributed by atoms with E-state index in [0.29, 0.717) is 24.3 Å². The lowest BCUT2D eigenvalue weighted by atomic mass is 9.95. The number of hydrogen-bond acceptors (Lipinski definition) is 6. The summed E-state index contributed by atoms with van der Waals surface area (Å²) in [5.74, 6) is -0.636. The van der Waals surface area contributed by atoms with Crippen molar-refractivity contribution < 1.29 is 41.8 Å². The monoisotopic (exact) mass is 577 g/mol. The molecule has 1 fully saturated rings. The molecule has 1 saturated heterocycles. The minimum Gasteiger partial charge on any atom is -0.490 e. The molecule has 0 saturated carbocycles. The molecule has 0 bridgehead atoms. The summed E-state index contributed by atoms with van der Waals surface area (Å²) >= 11 is 0. The highest BCUT2D eigenvalue weighted by molar-refractivity contribution is 6.05. The number of nitrogens with zero attached hydrogens (tertiary/aromatic N) is 1. The van der Waals surface area contributed by atoms with Crippen LogP contribution in [0.15, 0.2) is 42.5 Å². The predicted octanol–water partition coefficient (Wildman–Crippen LogP) is 5.11. The van der Waals surface area contributed by atoms with Gasteiger partial charge in [-0.2, -0.15) is 13.2 Å². The van der Waals surface area contributed by atoms with E-state index in [0.717, 1.165) is 24.3 Å². The smallest absolute Gasteiger partial charge is 0.416 e. The summed E-state index contributed by atoms with van der Waals surface area (Å²) in [4.78, 5) is 39.7. The number of amides is 3. The number of likely N-dealkylation sites (N-methyl/N-ethyl adjacent to an activating group) is 1. The van der Waals surface area contributed by atoms with E-state index in [2.05, 4.69) is 10.6 Å². The number of rotatable bonds is 5. The third-order valence-corrected chi connectivity index (χ3v) is 6.85. The Bertz CT molecular complexity index is 1280. The summed E-state index contributed by atoms with van der Waals surface area (Å²) < 4.78 is 55.9. The molecule has 4 rings (SSSR count). The first-order chi connectivity index (χ1) is 19.2. The molecule has 2 N–H and O–H groups in total. The highest BCUT2D eigenvalue weighted by Gasteiger charge is 2.39. The number of alkyl carbamates (subject to hydrolysis) is 1. The van der Waals surface area contributed by atoms with Gasteiger partial charge in [0.15, 0.2) is 0 Å². The van der Waals surface area contributed by atoms with Crippen LogP contribution in [0.3, 0.4) is 0 Å². The second-order valence-electron chi connectivity index (χ2n) is 11.4. The highest BCUT2D eigenvalue weighted by atomic mass is 19.4. The van der Waals surface area contributed by atoms with Gasteiger partial charge in [-0.1, -0.05) is 20.8 Å². The van der Waals surface area contributed by atoms with Gasteiger partial charge in [-0.05, 0) is 60.7 Å². The van der Waals surface area contributed by atoms with Crippen LogP contribution in [0.4, 0.5) is 23.7 Å². The van der Waals surface area contributed by atoms with E-state index >= 15 is 0 Å². The first kappa shape index (κ1) is 30.2. The van der Waals surface area contributed by atoms with Gasteiger partial charge in [-0.3, -0.25) is 9.59 Å². The SMILES string of the molecule is CN1C(=O)c2cc(NC(=O)c3ccc(C(F)(F)F)cc3)ccc2OC[C@@H]2O[C@H](CNC(=O)OCC(C)(C)C)CC[C@@H]21. The summed E-state index contributed by atoms with van der Waals surface area (Å²) in [6.07, 6.45) is -4.48. The molecule has 0 spiro atoms. The number of anilines is 1. The van der Waals surface area contributed by atoms with Gasteiger partial charge in [0.1, 0.15) is 18.5 Å². The van der Waals surface area contributed by atoms with Crippen molar-refractivity contribution in [3.63, 3.8) is 0 Å². The van der Waals surface area contributed by atoms with Crippen molar-refractivity contribution in [3.8, 4) is 5.75 Å². The Labute approximate surface area is 236 Å². The highest BCUT2D eigenvalue weighted by Crippen LogP contribution is 2.32. The maximum absolute atomic E-state index is 13.4. The molecule has 2 aromatic rings. The number of alkyl halides is 3. The topological polar surface area (TPSA) is 106 Å². The first-order valence-corrected chi connectivity index (χ1v) is 13.3. The summed E-state index contributed by atoms with van der Waals surface area (Å²) in [5, 5.41) is 5.36. The zero-order chi connectivity index (χ0) is 29.9. The summed E-state index contributed by atoms with van der Waals surface area (Å²) in [6, 6.07) is 8.17. The standard InChI is InChI=1S/C29H34F3N3O6/c1-28(2,3)16-40-27(38)33-14-20-10-11-22-24(41-20)15-39-23-12-9-19(13-21(23)26(37)35(22)4)34-25(36)17-5-7-18(8-6-17)29(30,31)32/h5-9,12-13,20,22,24H,10-11,14-16H2,1-4H3,(H,33,38)(H,34,36)/t20-,22-,24-/m0/s1. The van der Waals surface area contributed by atoms with Crippen LogP contribution in [-0.4, -0.2) is 67.9 Å². The van der Waals surface area contributed by atoms with Gasteiger partial charge >= 0.3 is 12.3 Å². The number of benzene rings is 2. The molecule has 3 atom stereocenters. The quantitative estimate of drug-likeness (QED) is 0.512. The lowest BCUT2D eigenvalue weighted by molar-refractivity contribution is -0.137. The van der Waals surface area contributed by atoms with Gasteiger partial charge in [-0.15, -0.1) is 0 Å². The van der Waals surface area contributed by atoms with Crippen molar-refractivity contribution in [2.75, 3.05) is 32.1 Å². The Balaban J connectivity index is 1.39. The zero-order valence-electron chi connectivity index (χ0n) is 23.3. The minimum atomic E-state index is -4.50. The Morgan fingerprint density at radius 1 is 1.07 bits per heavy atom. The Morgan fingerprint density at radius 3 is 2.44 bits per heavy atom. The molecule has 0 radical (unpaired) electrons. The zero-order valence-corrected chi connectivity index (χ0v) is 23.3. The van der Waals surface area contributed by atoms with Crippen molar-refractivity contribution in [3.05, 3.63) is 59.2 Å². The van der Waals surface area contributed by atoms with E-state index in [4.69, 9.17) is 14.2 Å². The lowest BCUT2D eigenvalue weighted by Gasteiger charge is -2.42. The fourth-order valence-corrected chi connectivity index (χ4v) is 4.65. The van der Waals surface area contributed by atoms with E-state index in [-0.39, 0.29) is 54.4 Å². The molecule has 2 heterocycles. The molecule has 41 heavy (non-hydrogen) atoms. The molecule has 9 nitrogen and oxygen atoms in total. The van der Waals surface area contributed by atoms with Crippen molar-refractivity contribution >= 4 is 23.6 Å². The maximum Gasteiger partial charge on any atom is 0.416 e. The lowest BCUT2D eigenvalue weighted by Crippen LogP contribution is -2.54. The molecule has 2 aliphatic heterocycles. The number of ether oxygens (including phenoxy) is 3. The Morgan fingerprint density at radius 2 is 1.78 bits per heavy atom. The van der Waals surface area contributed by atoms with Crippen LogP contribution in [0.5, 0.6) is 5.75 Å². The second kappa shape index (κ2) is 12.0. The summed E-state index contributed by atoms with van der Waals surface area (Å²) in [7, 11) is 1.67. The number of halogens is 3. The molecular formula is C29H34F3N3O6. The molecule has 222 valence electrons. The summed E-state index contributed by atoms with van der Waals surface area (Å²) in [6.45, 7) is 6.62. The van der Waals surface area contributed by atoms with Crippen molar-refractivity contribution in [2.45, 2.75) is 58.0 Å². The number of nitrogens with one attached hydrogen (secondary N) is 2. The number of fused-ring (bicyclic) bond motifs is 2. The fraction of sp³-hybridized carbons (Fsp3) is 0.483. The van der Waals surface area contributed by atoms with E-state index in [1.807, 2.05) is 20.8 Å².